The molecule has 0 spiro atoms. The minimum absolute atomic E-state index is 0. The summed E-state index contributed by atoms with van der Waals surface area (Å²) >= 11 is 0. The van der Waals surface area contributed by atoms with E-state index in [9.17, 15) is 9.59 Å². The third kappa shape index (κ3) is 7.80. The molecule has 3 N–H and O–H groups in total. The summed E-state index contributed by atoms with van der Waals surface area (Å²) in [6, 6.07) is 7.50. The van der Waals surface area contributed by atoms with Crippen molar-refractivity contribution in [2.24, 2.45) is 16.6 Å². The first-order valence-corrected chi connectivity index (χ1v) is 11.0. The molecule has 2 aliphatic rings. The van der Waals surface area contributed by atoms with Gasteiger partial charge < -0.3 is 30.3 Å². The van der Waals surface area contributed by atoms with Crippen LogP contribution < -0.4 is 15.8 Å². The first-order chi connectivity index (χ1) is 15.1. The van der Waals surface area contributed by atoms with E-state index in [-0.39, 0.29) is 42.4 Å². The zero-order valence-corrected chi connectivity index (χ0v) is 21.0. The molecule has 2 saturated heterocycles. The minimum atomic E-state index is -0.506. The van der Waals surface area contributed by atoms with Crippen molar-refractivity contribution in [1.82, 2.24) is 15.1 Å². The monoisotopic (exact) mass is 559 g/mol. The topological polar surface area (TPSA) is 109 Å². The van der Waals surface area contributed by atoms with Gasteiger partial charge in [-0.2, -0.15) is 0 Å². The van der Waals surface area contributed by atoms with Crippen LogP contribution in [-0.4, -0.2) is 80.1 Å². The molecule has 0 radical (unpaired) electrons. The largest absolute Gasteiger partial charge is 0.484 e. The predicted molar refractivity (Wildman–Crippen MR) is 133 cm³/mol. The Morgan fingerprint density at radius 1 is 1.19 bits per heavy atom. The van der Waals surface area contributed by atoms with Crippen LogP contribution >= 0.6 is 24.0 Å². The van der Waals surface area contributed by atoms with Crippen LogP contribution in [0.5, 0.6) is 5.75 Å². The summed E-state index contributed by atoms with van der Waals surface area (Å²) in [7, 11) is 0. The van der Waals surface area contributed by atoms with Crippen molar-refractivity contribution in [3.8, 4) is 5.75 Å². The zero-order chi connectivity index (χ0) is 22.1. The number of nitrogens with two attached hydrogens (primary N) is 1. The van der Waals surface area contributed by atoms with Gasteiger partial charge in [-0.3, -0.25) is 9.59 Å². The van der Waals surface area contributed by atoms with Gasteiger partial charge in [0.15, 0.2) is 12.6 Å². The summed E-state index contributed by atoms with van der Waals surface area (Å²) in [5.41, 5.74) is 6.12. The second-order valence-electron chi connectivity index (χ2n) is 7.77. The van der Waals surface area contributed by atoms with Gasteiger partial charge in [0.05, 0.1) is 19.8 Å². The first-order valence-electron chi connectivity index (χ1n) is 11.0. The predicted octanol–water partition coefficient (Wildman–Crippen LogP) is 1.21. The van der Waals surface area contributed by atoms with Crippen LogP contribution in [0.4, 0.5) is 0 Å². The number of benzene rings is 1. The van der Waals surface area contributed by atoms with Crippen molar-refractivity contribution in [3.05, 3.63) is 29.8 Å². The molecular weight excluding hydrogens is 525 g/mol. The number of carbonyl (C=O) groups excluding carboxylic acids is 2. The molecule has 2 aliphatic heterocycles. The summed E-state index contributed by atoms with van der Waals surface area (Å²) in [5, 5.41) is 3.36. The average Bonchev–Trinajstić information content (AvgIpc) is 2.81. The van der Waals surface area contributed by atoms with E-state index < -0.39 is 5.91 Å². The number of ether oxygens (including phenoxy) is 2. The molecule has 0 unspecified atom stereocenters. The molecule has 0 bridgehead atoms. The number of nitrogens with zero attached hydrogens (tertiary/aromatic N) is 3. The van der Waals surface area contributed by atoms with Gasteiger partial charge in [-0.25, -0.2) is 4.99 Å². The van der Waals surface area contributed by atoms with E-state index in [1.54, 1.807) is 6.07 Å². The summed E-state index contributed by atoms with van der Waals surface area (Å²) < 4.78 is 10.7. The maximum absolute atomic E-state index is 12.8. The van der Waals surface area contributed by atoms with Gasteiger partial charge in [0.25, 0.3) is 5.91 Å². The Kier molecular flexibility index (Phi) is 11.0. The number of hydrogen-bond donors (Lipinski definition) is 2. The maximum Gasteiger partial charge on any atom is 0.255 e. The van der Waals surface area contributed by atoms with Crippen molar-refractivity contribution >= 4 is 41.8 Å². The normalized spacial score (nSPS) is 17.5. The molecule has 0 aromatic heterocycles. The molecule has 3 rings (SSSR count). The van der Waals surface area contributed by atoms with Gasteiger partial charge in [0, 0.05) is 38.6 Å². The van der Waals surface area contributed by atoms with Crippen LogP contribution in [0.3, 0.4) is 0 Å². The summed E-state index contributed by atoms with van der Waals surface area (Å²) in [6.45, 7) is 7.43. The Labute approximate surface area is 206 Å². The van der Waals surface area contributed by atoms with Crippen LogP contribution in [0.15, 0.2) is 29.3 Å². The molecule has 2 fully saturated rings. The molecule has 0 atom stereocenters. The molecule has 10 heteroatoms. The van der Waals surface area contributed by atoms with Crippen molar-refractivity contribution in [1.29, 1.82) is 0 Å². The van der Waals surface area contributed by atoms with Crippen LogP contribution in [0.2, 0.25) is 0 Å². The fraction of sp³-hybridized carbons (Fsp3) is 0.591. The van der Waals surface area contributed by atoms with E-state index in [0.29, 0.717) is 38.6 Å². The smallest absolute Gasteiger partial charge is 0.255 e. The van der Waals surface area contributed by atoms with Crippen LogP contribution in [0.25, 0.3) is 0 Å². The Morgan fingerprint density at radius 2 is 1.91 bits per heavy atom. The van der Waals surface area contributed by atoms with E-state index >= 15 is 0 Å². The molecular formula is C22H34IN5O4. The zero-order valence-electron chi connectivity index (χ0n) is 18.6. The van der Waals surface area contributed by atoms with Gasteiger partial charge in [-0.15, -0.1) is 24.0 Å². The molecule has 9 nitrogen and oxygen atoms in total. The number of nitrogens with one attached hydrogen (secondary N) is 1. The number of rotatable bonds is 7. The van der Waals surface area contributed by atoms with Crippen molar-refractivity contribution in [2.75, 3.05) is 52.5 Å². The van der Waals surface area contributed by atoms with Crippen LogP contribution in [0, 0.1) is 5.92 Å². The average molecular weight is 559 g/mol. The molecule has 2 amide bonds. The Bertz CT molecular complexity index is 777. The molecule has 1 aromatic carbocycles. The number of likely N-dealkylation sites (tertiary alicyclic amines) is 1. The highest BCUT2D eigenvalue weighted by atomic mass is 127. The number of amides is 2. The number of guanidine groups is 1. The molecule has 0 aliphatic carbocycles. The van der Waals surface area contributed by atoms with Gasteiger partial charge in [0.2, 0.25) is 5.91 Å². The highest BCUT2D eigenvalue weighted by Gasteiger charge is 2.30. The number of carbonyl (C=O) groups is 2. The summed E-state index contributed by atoms with van der Waals surface area (Å²) in [6.07, 6.45) is 1.66. The van der Waals surface area contributed by atoms with E-state index in [2.05, 4.69) is 10.2 Å². The lowest BCUT2D eigenvalue weighted by Crippen LogP contribution is -2.50. The number of halogens is 1. The highest BCUT2D eigenvalue weighted by Crippen LogP contribution is 2.21. The number of piperidine rings is 1. The second kappa shape index (κ2) is 13.5. The quantitative estimate of drug-likeness (QED) is 0.296. The van der Waals surface area contributed by atoms with Gasteiger partial charge in [-0.1, -0.05) is 12.1 Å². The Morgan fingerprint density at radius 3 is 2.56 bits per heavy atom. The standard InChI is InChI=1S/C22H33N5O4.HI/c1-2-24-22(25-15-17-4-3-5-19(14-17)31-16-20(23)28)27-8-6-18(7-9-27)21(29)26-10-12-30-13-11-26;/h3-5,14,18H,2,6-13,15-16H2,1H3,(H2,23,28)(H,24,25);1H. The number of primary amides is 1. The Balaban J connectivity index is 0.00000363. The number of aliphatic imine (C=N–C) groups is 1. The van der Waals surface area contributed by atoms with Gasteiger partial charge in [-0.05, 0) is 37.5 Å². The van der Waals surface area contributed by atoms with Gasteiger partial charge >= 0.3 is 0 Å². The third-order valence-electron chi connectivity index (χ3n) is 5.49. The molecule has 32 heavy (non-hydrogen) atoms. The molecule has 2 heterocycles. The van der Waals surface area contributed by atoms with E-state index in [1.165, 1.54) is 0 Å². The number of hydrogen-bond acceptors (Lipinski definition) is 5. The number of morpholine rings is 1. The molecule has 178 valence electrons. The summed E-state index contributed by atoms with van der Waals surface area (Å²) in [5.74, 6) is 1.28. The van der Waals surface area contributed by atoms with E-state index in [0.717, 1.165) is 44.0 Å². The van der Waals surface area contributed by atoms with Gasteiger partial charge in [0.1, 0.15) is 5.75 Å². The third-order valence-corrected chi connectivity index (χ3v) is 5.49. The Hall–Kier alpha value is -2.08. The highest BCUT2D eigenvalue weighted by molar-refractivity contribution is 14.0. The van der Waals surface area contributed by atoms with Crippen molar-refractivity contribution in [3.63, 3.8) is 0 Å². The lowest BCUT2D eigenvalue weighted by Gasteiger charge is -2.36. The first kappa shape index (κ1) is 26.2. The fourth-order valence-corrected chi connectivity index (χ4v) is 3.86. The fourth-order valence-electron chi connectivity index (χ4n) is 3.86. The van der Waals surface area contributed by atoms with E-state index in [1.807, 2.05) is 30.0 Å². The van der Waals surface area contributed by atoms with E-state index in [4.69, 9.17) is 20.2 Å². The van der Waals surface area contributed by atoms with Crippen LogP contribution in [-0.2, 0) is 20.9 Å². The maximum atomic E-state index is 12.8. The molecule has 0 saturated carbocycles. The minimum Gasteiger partial charge on any atom is -0.484 e. The second-order valence-corrected chi connectivity index (χ2v) is 7.77. The van der Waals surface area contributed by atoms with Crippen molar-refractivity contribution < 1.29 is 19.1 Å². The summed E-state index contributed by atoms with van der Waals surface area (Å²) in [4.78, 5) is 32.6. The molecule has 1 aromatic rings. The van der Waals surface area contributed by atoms with Crippen molar-refractivity contribution in [2.45, 2.75) is 26.3 Å². The van der Waals surface area contributed by atoms with Crippen LogP contribution in [0.1, 0.15) is 25.3 Å². The SMILES string of the molecule is CCNC(=NCc1cccc(OCC(N)=O)c1)N1CCC(C(=O)N2CCOCC2)CC1.I. The lowest BCUT2D eigenvalue weighted by molar-refractivity contribution is -0.140. The lowest BCUT2D eigenvalue weighted by atomic mass is 9.95.